The number of aromatic amines is 1. The van der Waals surface area contributed by atoms with Gasteiger partial charge in [-0.15, -0.1) is 0 Å². The van der Waals surface area contributed by atoms with Crippen molar-refractivity contribution in [2.45, 2.75) is 126 Å². The number of carbonyl (C=O) groups is 9. The minimum atomic E-state index is -5.94. The summed E-state index contributed by atoms with van der Waals surface area (Å²) in [6, 6.07) is 21.5. The molecule has 5 atom stereocenters. The van der Waals surface area contributed by atoms with Crippen LogP contribution in [-0.4, -0.2) is 138 Å². The molecule has 4 aliphatic heterocycles. The van der Waals surface area contributed by atoms with Gasteiger partial charge in [0.15, 0.2) is 0 Å². The molecule has 3 fully saturated rings. The van der Waals surface area contributed by atoms with Gasteiger partial charge in [0.25, 0.3) is 17.7 Å². The van der Waals surface area contributed by atoms with E-state index in [2.05, 4.69) is 32.8 Å². The Balaban J connectivity index is 0.887. The summed E-state index contributed by atoms with van der Waals surface area (Å²) in [5, 5.41) is 8.48. The van der Waals surface area contributed by atoms with Crippen LogP contribution in [0.2, 0.25) is 0 Å². The van der Waals surface area contributed by atoms with Crippen molar-refractivity contribution in [1.82, 2.24) is 40.5 Å². The fraction of sp³-hybridized carbons (Fsp3) is 0.383. The summed E-state index contributed by atoms with van der Waals surface area (Å²) >= 11 is 0. The molecule has 24 heteroatoms. The summed E-state index contributed by atoms with van der Waals surface area (Å²) in [4.78, 5) is 150. The molecule has 8 N–H and O–H groups in total. The fourth-order valence-corrected chi connectivity index (χ4v) is 11.9. The number of rotatable bonds is 19. The van der Waals surface area contributed by atoms with E-state index < -0.39 is 90.5 Å². The molecule has 9 amide bonds. The average Bonchev–Trinajstić information content (AvgIpc) is 2.05. The number of halogens is 2. The maximum Gasteiger partial charge on any atom is 0.399 e. The van der Waals surface area contributed by atoms with Crippen LogP contribution in [0.1, 0.15) is 132 Å². The number of H-pyrrole nitrogens is 1. The van der Waals surface area contributed by atoms with E-state index in [9.17, 15) is 61.5 Å². The number of nitrogens with zero attached hydrogens (tertiary/aromatic N) is 4. The number of fused-ring (bicyclic) bond motifs is 3. The molecule has 1 unspecified atom stereocenters. The lowest BCUT2D eigenvalue weighted by molar-refractivity contribution is -0.150. The number of likely N-dealkylation sites (tertiary alicyclic amines) is 1. The molecule has 0 spiro atoms. The number of unbranched alkanes of at least 4 members (excludes halogenated alkanes) is 3. The van der Waals surface area contributed by atoms with Crippen LogP contribution < -0.4 is 21.7 Å². The van der Waals surface area contributed by atoms with E-state index in [0.29, 0.717) is 48.8 Å². The first-order valence-electron chi connectivity index (χ1n) is 27.8. The van der Waals surface area contributed by atoms with E-state index in [4.69, 9.17) is 5.73 Å². The summed E-state index contributed by atoms with van der Waals surface area (Å²) in [6.45, 7) is -0.0252. The van der Waals surface area contributed by atoms with Crippen LogP contribution in [0.5, 0.6) is 0 Å². The number of primary amides is 1. The van der Waals surface area contributed by atoms with Crippen LogP contribution in [0.25, 0.3) is 10.9 Å². The van der Waals surface area contributed by atoms with Crippen molar-refractivity contribution < 1.29 is 66.3 Å². The highest BCUT2D eigenvalue weighted by atomic mass is 31.2. The first kappa shape index (κ1) is 60.0. The molecular weight excluding hydrogens is 1110 g/mol. The van der Waals surface area contributed by atoms with E-state index in [1.54, 1.807) is 18.2 Å². The number of imide groups is 1. The van der Waals surface area contributed by atoms with Gasteiger partial charge in [-0.3, -0.25) is 52.6 Å². The third-order valence-corrected chi connectivity index (χ3v) is 17.0. The molecule has 0 bridgehead atoms. The van der Waals surface area contributed by atoms with E-state index in [1.807, 2.05) is 60.7 Å². The quantitative estimate of drug-likeness (QED) is 0.0253. The first-order chi connectivity index (χ1) is 40.1. The smallest absolute Gasteiger partial charge is 0.370 e. The van der Waals surface area contributed by atoms with Crippen molar-refractivity contribution in [2.75, 3.05) is 20.1 Å². The molecule has 4 aromatic carbocycles. The van der Waals surface area contributed by atoms with Crippen LogP contribution in [0.4, 0.5) is 8.78 Å². The number of amides is 9. The van der Waals surface area contributed by atoms with Crippen molar-refractivity contribution in [1.29, 1.82) is 0 Å². The second-order valence-electron chi connectivity index (χ2n) is 21.5. The van der Waals surface area contributed by atoms with Crippen molar-refractivity contribution in [2.24, 2.45) is 5.73 Å². The van der Waals surface area contributed by atoms with Crippen LogP contribution in [0.15, 0.2) is 103 Å². The maximum absolute atomic E-state index is 15.0. The predicted molar refractivity (Wildman–Crippen MR) is 301 cm³/mol. The largest absolute Gasteiger partial charge is 0.399 e. The van der Waals surface area contributed by atoms with Gasteiger partial charge in [0.1, 0.15) is 29.9 Å². The van der Waals surface area contributed by atoms with Gasteiger partial charge in [-0.05, 0) is 92.0 Å². The number of alkyl halides is 2. The molecule has 1 aromatic heterocycles. The second-order valence-corrected chi connectivity index (χ2v) is 23.2. The minimum absolute atomic E-state index is 0.00323. The Morgan fingerprint density at radius 1 is 0.833 bits per heavy atom. The highest BCUT2D eigenvalue weighted by Gasteiger charge is 2.51. The topological polar surface area (TPSA) is 302 Å². The Morgan fingerprint density at radius 2 is 1.55 bits per heavy atom. The molecule has 21 nitrogen and oxygen atoms in total. The zero-order valence-corrected chi connectivity index (χ0v) is 46.8. The highest BCUT2D eigenvalue weighted by Crippen LogP contribution is 2.59. The molecule has 9 rings (SSSR count). The number of likely N-dealkylation sites (N-methyl/N-ethyl adjacent to an activating group) is 1. The molecule has 5 aromatic rings. The lowest BCUT2D eigenvalue weighted by Crippen LogP contribution is -2.62. The number of hydrogen-bond acceptors (Lipinski definition) is 10. The molecule has 0 radical (unpaired) electrons. The Morgan fingerprint density at radius 3 is 2.24 bits per heavy atom. The lowest BCUT2D eigenvalue weighted by atomic mass is 9.98. The molecule has 3 saturated heterocycles. The average molecular weight is 1170 g/mol. The van der Waals surface area contributed by atoms with Gasteiger partial charge in [-0.1, -0.05) is 91.1 Å². The van der Waals surface area contributed by atoms with E-state index >= 15 is 4.79 Å². The van der Waals surface area contributed by atoms with Crippen LogP contribution >= 0.6 is 7.60 Å². The van der Waals surface area contributed by atoms with Gasteiger partial charge in [0, 0.05) is 86.0 Å². The molecule has 5 heterocycles. The molecule has 440 valence electrons. The van der Waals surface area contributed by atoms with Gasteiger partial charge in [0.2, 0.25) is 35.4 Å². The number of nitrogens with one attached hydrogen (secondary N) is 4. The monoisotopic (exact) mass is 1170 g/mol. The van der Waals surface area contributed by atoms with Gasteiger partial charge in [0.05, 0.1) is 6.04 Å². The predicted octanol–water partition coefficient (Wildman–Crippen LogP) is 4.85. The van der Waals surface area contributed by atoms with Gasteiger partial charge in [-0.2, -0.15) is 8.78 Å². The Labute approximate surface area is 482 Å². The zero-order chi connectivity index (χ0) is 60.0. The lowest BCUT2D eigenvalue weighted by Gasteiger charge is -2.39. The van der Waals surface area contributed by atoms with E-state index in [-0.39, 0.29) is 98.9 Å². The molecule has 0 aliphatic carbocycles. The number of nitrogens with two attached hydrogens (primary N) is 1. The number of piperidine rings is 1. The molecular formula is C60H64F2N9O12P. The Hall–Kier alpha value is -8.58. The SMILES string of the molecule is CN1C(=O)CCC(N2Cc3c(C#CCCCCCC(=O)N4CC[C@H]5CC[C@@H](C(=O)N[C@@H](CCC(N)=O)C(=O)NC(c6ccccc6)c6ccccc6)N5C(=O)[C@@H](NC(=O)c5cc6cc(C(F)(F)P(=O)(O)O)ccc6[nH]5)C4)cccc3C2=O)C1=O. The summed E-state index contributed by atoms with van der Waals surface area (Å²) in [5.74, 6) is 1.34. The third-order valence-electron chi connectivity index (χ3n) is 16.0. The van der Waals surface area contributed by atoms with E-state index in [0.717, 1.165) is 34.2 Å². The number of carbonyl (C=O) groups excluding carboxylic acids is 9. The van der Waals surface area contributed by atoms with E-state index in [1.165, 1.54) is 27.8 Å². The summed E-state index contributed by atoms with van der Waals surface area (Å²) < 4.78 is 41.2. The van der Waals surface area contributed by atoms with Crippen molar-refractivity contribution in [3.05, 3.63) is 142 Å². The van der Waals surface area contributed by atoms with Gasteiger partial charge >= 0.3 is 13.3 Å². The summed E-state index contributed by atoms with van der Waals surface area (Å²) in [7, 11) is -4.52. The van der Waals surface area contributed by atoms with Crippen molar-refractivity contribution in [3.63, 3.8) is 0 Å². The zero-order valence-electron chi connectivity index (χ0n) is 45.9. The first-order valence-corrected chi connectivity index (χ1v) is 29.4. The molecule has 4 aliphatic rings. The van der Waals surface area contributed by atoms with Crippen molar-refractivity contribution in [3.8, 4) is 11.8 Å². The van der Waals surface area contributed by atoms with Crippen LogP contribution in [-0.2, 0) is 50.3 Å². The normalized spacial score (nSPS) is 19.5. The Kier molecular flexibility index (Phi) is 18.2. The van der Waals surface area contributed by atoms with Crippen molar-refractivity contribution >= 4 is 71.7 Å². The summed E-state index contributed by atoms with van der Waals surface area (Å²) in [6.07, 6.45) is 2.83. The van der Waals surface area contributed by atoms with Crippen LogP contribution in [0, 0.1) is 11.8 Å². The standard InChI is InChI=1S/C60H64F2N9O12P/c1-68-51(73)29-27-49(59(68)80)70-34-43-36(19-13-20-42(43)57(70)78)14-7-3-2-4-12-21-52(74)69-31-30-41-23-26-48(56(77)65-45(25-28-50(63)72)54(75)67-53(37-15-8-5-9-16-37)38-17-10-6-11-18-38)71(41)58(79)47(35-69)66-55(76)46-33-39-32-40(22-24-44(39)64-46)60(61,62)84(81,82)83/h5-6,8-11,13,15-20,22,24,32-33,41,45,47-49,53,64H,2-4,12,21,23,25-31,34-35H2,1H3,(H2,63,72)(H,65,77)(H,66,76)(H,67,75)(H2,81,82,83)/t41-,45+,47+,48+,49?/m1/s1. The number of benzene rings is 4. The third kappa shape index (κ3) is 13.1. The molecule has 84 heavy (non-hydrogen) atoms. The maximum atomic E-state index is 15.0. The second kappa shape index (κ2) is 25.5. The minimum Gasteiger partial charge on any atom is -0.370 e. The molecule has 0 saturated carbocycles. The fourth-order valence-electron chi connectivity index (χ4n) is 11.4. The van der Waals surface area contributed by atoms with Crippen LogP contribution in [0.3, 0.4) is 0 Å². The Bertz CT molecular complexity index is 3470. The summed E-state index contributed by atoms with van der Waals surface area (Å²) in [5.41, 5.74) is 3.23. The number of hydrogen-bond donors (Lipinski definition) is 7. The highest BCUT2D eigenvalue weighted by molar-refractivity contribution is 7.52. The van der Waals surface area contributed by atoms with Gasteiger partial charge in [-0.25, -0.2) is 0 Å². The number of aromatic nitrogens is 1. The van der Waals surface area contributed by atoms with Gasteiger partial charge < -0.3 is 51.2 Å².